The summed E-state index contributed by atoms with van der Waals surface area (Å²) in [6.07, 6.45) is 4.39. The van der Waals surface area contributed by atoms with E-state index in [1.165, 1.54) is 22.5 Å². The van der Waals surface area contributed by atoms with Crippen LogP contribution >= 0.6 is 22.9 Å². The van der Waals surface area contributed by atoms with Crippen LogP contribution < -0.4 is 0 Å². The normalized spacial score (nSPS) is 17.6. The molecule has 1 aromatic heterocycles. The standard InChI is InChI=1S/C16H21ClN2OS/c17-13-3-4-15-14(11-13)18-16(21-15)12-5-8-19(9-6-12)7-1-2-10-20/h3-4,11-12,20H,1-2,5-10H2. The third-order valence-corrected chi connectivity index (χ3v) is 5.62. The first-order valence-corrected chi connectivity index (χ1v) is 8.85. The van der Waals surface area contributed by atoms with E-state index in [1.54, 1.807) is 0 Å². The molecule has 0 saturated carbocycles. The molecule has 2 heterocycles. The van der Waals surface area contributed by atoms with E-state index in [9.17, 15) is 0 Å². The zero-order valence-electron chi connectivity index (χ0n) is 12.1. The van der Waals surface area contributed by atoms with E-state index in [4.69, 9.17) is 21.7 Å². The number of rotatable bonds is 5. The highest BCUT2D eigenvalue weighted by atomic mass is 35.5. The van der Waals surface area contributed by atoms with E-state index >= 15 is 0 Å². The molecule has 21 heavy (non-hydrogen) atoms. The summed E-state index contributed by atoms with van der Waals surface area (Å²) >= 11 is 7.85. The molecule has 0 aliphatic carbocycles. The smallest absolute Gasteiger partial charge is 0.0970 e. The molecule has 0 spiro atoms. The number of aliphatic hydroxyl groups excluding tert-OH is 1. The van der Waals surface area contributed by atoms with Gasteiger partial charge in [-0.2, -0.15) is 0 Å². The molecule has 1 aromatic carbocycles. The Morgan fingerprint density at radius 3 is 2.86 bits per heavy atom. The molecule has 0 bridgehead atoms. The van der Waals surface area contributed by atoms with Crippen LogP contribution in [-0.4, -0.2) is 41.2 Å². The monoisotopic (exact) mass is 324 g/mol. The van der Waals surface area contributed by atoms with Gasteiger partial charge in [-0.05, 0) is 63.5 Å². The number of likely N-dealkylation sites (tertiary alicyclic amines) is 1. The van der Waals surface area contributed by atoms with Crippen molar-refractivity contribution in [2.75, 3.05) is 26.2 Å². The van der Waals surface area contributed by atoms with E-state index in [-0.39, 0.29) is 0 Å². The van der Waals surface area contributed by atoms with E-state index in [0.717, 1.165) is 43.0 Å². The van der Waals surface area contributed by atoms with Gasteiger partial charge in [0.15, 0.2) is 0 Å². The minimum Gasteiger partial charge on any atom is -0.396 e. The molecular weight excluding hydrogens is 304 g/mol. The molecular formula is C16H21ClN2OS. The molecule has 1 N–H and O–H groups in total. The predicted molar refractivity (Wildman–Crippen MR) is 89.4 cm³/mol. The van der Waals surface area contributed by atoms with Gasteiger partial charge in [0.1, 0.15) is 0 Å². The molecule has 0 unspecified atom stereocenters. The van der Waals surface area contributed by atoms with Crippen LogP contribution in [0.5, 0.6) is 0 Å². The second-order valence-electron chi connectivity index (χ2n) is 5.71. The summed E-state index contributed by atoms with van der Waals surface area (Å²) in [5.41, 5.74) is 1.04. The van der Waals surface area contributed by atoms with Crippen molar-refractivity contribution in [1.29, 1.82) is 0 Å². The van der Waals surface area contributed by atoms with Gasteiger partial charge in [0, 0.05) is 17.5 Å². The number of thiazole rings is 1. The van der Waals surface area contributed by atoms with E-state index < -0.39 is 0 Å². The van der Waals surface area contributed by atoms with Crippen molar-refractivity contribution >= 4 is 33.2 Å². The van der Waals surface area contributed by atoms with Gasteiger partial charge in [-0.25, -0.2) is 4.98 Å². The van der Waals surface area contributed by atoms with Gasteiger partial charge < -0.3 is 10.0 Å². The second kappa shape index (κ2) is 7.05. The minimum absolute atomic E-state index is 0.310. The molecule has 0 radical (unpaired) electrons. The summed E-state index contributed by atoms with van der Waals surface area (Å²) in [4.78, 5) is 7.29. The Hall–Kier alpha value is -0.680. The molecule has 1 saturated heterocycles. The molecule has 1 fully saturated rings. The third kappa shape index (κ3) is 3.75. The van der Waals surface area contributed by atoms with Crippen molar-refractivity contribution in [3.8, 4) is 0 Å². The zero-order valence-corrected chi connectivity index (χ0v) is 13.7. The van der Waals surface area contributed by atoms with Crippen LogP contribution in [0.15, 0.2) is 18.2 Å². The number of piperidine rings is 1. The average Bonchev–Trinajstić information content (AvgIpc) is 2.91. The third-order valence-electron chi connectivity index (χ3n) is 4.19. The zero-order chi connectivity index (χ0) is 14.7. The fourth-order valence-corrected chi connectivity index (χ4v) is 4.23. The number of halogens is 1. The highest BCUT2D eigenvalue weighted by Crippen LogP contribution is 2.34. The van der Waals surface area contributed by atoms with Gasteiger partial charge >= 0.3 is 0 Å². The summed E-state index contributed by atoms with van der Waals surface area (Å²) in [5, 5.41) is 10.9. The number of fused-ring (bicyclic) bond motifs is 1. The highest BCUT2D eigenvalue weighted by Gasteiger charge is 2.23. The molecule has 2 aromatic rings. The largest absolute Gasteiger partial charge is 0.396 e. The molecule has 0 atom stereocenters. The number of unbranched alkanes of at least 4 members (excludes halogenated alkanes) is 1. The lowest BCUT2D eigenvalue weighted by Crippen LogP contribution is -2.33. The van der Waals surface area contributed by atoms with Gasteiger partial charge in [-0.1, -0.05) is 11.6 Å². The Balaban J connectivity index is 1.60. The van der Waals surface area contributed by atoms with Crippen molar-refractivity contribution in [1.82, 2.24) is 9.88 Å². The van der Waals surface area contributed by atoms with Crippen molar-refractivity contribution in [2.24, 2.45) is 0 Å². The number of hydrogen-bond acceptors (Lipinski definition) is 4. The number of hydrogen-bond donors (Lipinski definition) is 1. The first kappa shape index (κ1) is 15.2. The maximum atomic E-state index is 8.84. The Bertz CT molecular complexity index is 593. The minimum atomic E-state index is 0.310. The number of aromatic nitrogens is 1. The van der Waals surface area contributed by atoms with Crippen molar-refractivity contribution in [3.63, 3.8) is 0 Å². The Morgan fingerprint density at radius 1 is 1.29 bits per heavy atom. The predicted octanol–water partition coefficient (Wildman–Crippen LogP) is 3.90. The molecule has 1 aliphatic rings. The molecule has 3 rings (SSSR count). The average molecular weight is 325 g/mol. The van der Waals surface area contributed by atoms with Gasteiger partial charge in [0.05, 0.1) is 15.2 Å². The lowest BCUT2D eigenvalue weighted by molar-refractivity contribution is 0.199. The van der Waals surface area contributed by atoms with Crippen LogP contribution in [0.1, 0.15) is 36.6 Å². The summed E-state index contributed by atoms with van der Waals surface area (Å²) in [5.74, 6) is 0.593. The van der Waals surface area contributed by atoms with Crippen LogP contribution in [0.3, 0.4) is 0 Å². The van der Waals surface area contributed by atoms with E-state index in [0.29, 0.717) is 12.5 Å². The molecule has 114 valence electrons. The first-order chi connectivity index (χ1) is 10.3. The van der Waals surface area contributed by atoms with Crippen LogP contribution in [-0.2, 0) is 0 Å². The fourth-order valence-electron chi connectivity index (χ4n) is 2.94. The summed E-state index contributed by atoms with van der Waals surface area (Å²) in [7, 11) is 0. The van der Waals surface area contributed by atoms with Gasteiger partial charge in [-0.3, -0.25) is 0 Å². The Morgan fingerprint density at radius 2 is 2.10 bits per heavy atom. The van der Waals surface area contributed by atoms with Gasteiger partial charge in [0.2, 0.25) is 0 Å². The Labute approximate surface area is 134 Å². The Kier molecular flexibility index (Phi) is 5.11. The van der Waals surface area contributed by atoms with Crippen molar-refractivity contribution in [3.05, 3.63) is 28.2 Å². The topological polar surface area (TPSA) is 36.4 Å². The van der Waals surface area contributed by atoms with Crippen LogP contribution in [0.2, 0.25) is 5.02 Å². The number of nitrogens with zero attached hydrogens (tertiary/aromatic N) is 2. The highest BCUT2D eigenvalue weighted by molar-refractivity contribution is 7.18. The summed E-state index contributed by atoms with van der Waals surface area (Å²) in [6.45, 7) is 3.72. The number of benzene rings is 1. The second-order valence-corrected chi connectivity index (χ2v) is 7.21. The number of aliphatic hydroxyl groups is 1. The maximum absolute atomic E-state index is 8.84. The molecule has 0 amide bonds. The first-order valence-electron chi connectivity index (χ1n) is 7.65. The quantitative estimate of drug-likeness (QED) is 0.847. The van der Waals surface area contributed by atoms with Crippen molar-refractivity contribution in [2.45, 2.75) is 31.6 Å². The van der Waals surface area contributed by atoms with Crippen LogP contribution in [0.25, 0.3) is 10.2 Å². The summed E-state index contributed by atoms with van der Waals surface area (Å²) < 4.78 is 1.24. The SMILES string of the molecule is OCCCCN1CCC(c2nc3cc(Cl)ccc3s2)CC1. The van der Waals surface area contributed by atoms with Crippen LogP contribution in [0, 0.1) is 0 Å². The molecule has 5 heteroatoms. The van der Waals surface area contributed by atoms with E-state index in [2.05, 4.69) is 11.0 Å². The van der Waals surface area contributed by atoms with Crippen LogP contribution in [0.4, 0.5) is 0 Å². The lowest BCUT2D eigenvalue weighted by Gasteiger charge is -2.30. The molecule has 3 nitrogen and oxygen atoms in total. The lowest BCUT2D eigenvalue weighted by atomic mass is 9.97. The van der Waals surface area contributed by atoms with Gasteiger partial charge in [0.25, 0.3) is 0 Å². The van der Waals surface area contributed by atoms with Gasteiger partial charge in [-0.15, -0.1) is 11.3 Å². The summed E-state index contributed by atoms with van der Waals surface area (Å²) in [6, 6.07) is 5.97. The van der Waals surface area contributed by atoms with Crippen molar-refractivity contribution < 1.29 is 5.11 Å². The maximum Gasteiger partial charge on any atom is 0.0970 e. The van der Waals surface area contributed by atoms with E-state index in [1.807, 2.05) is 23.5 Å². The molecule has 1 aliphatic heterocycles. The fraction of sp³-hybridized carbons (Fsp3) is 0.562.